The topological polar surface area (TPSA) is 75.1 Å². The van der Waals surface area contributed by atoms with Crippen LogP contribution in [-0.2, 0) is 6.61 Å². The highest BCUT2D eigenvalue weighted by atomic mass is 16.3. The summed E-state index contributed by atoms with van der Waals surface area (Å²) in [6, 6.07) is 12.4. The molecule has 0 atom stereocenters. The predicted molar refractivity (Wildman–Crippen MR) is 79.9 cm³/mol. The van der Waals surface area contributed by atoms with E-state index in [0.29, 0.717) is 22.3 Å². The average Bonchev–Trinajstić information content (AvgIpc) is 2.54. The Hall–Kier alpha value is -2.79. The Kier molecular flexibility index (Phi) is 3.57. The standard InChI is InChI=1S/C16H13N3O2/c20-10-11-3-1-4-12(9-11)19-16(21)13-5-2-6-14-15(13)18-8-7-17-14/h1-9,20H,10H2,(H,19,21). The number of carbonyl (C=O) groups is 1. The highest BCUT2D eigenvalue weighted by Gasteiger charge is 2.11. The molecule has 0 saturated heterocycles. The Bertz CT molecular complexity index is 797. The molecule has 21 heavy (non-hydrogen) atoms. The van der Waals surface area contributed by atoms with E-state index < -0.39 is 0 Å². The lowest BCUT2D eigenvalue weighted by atomic mass is 10.1. The molecule has 0 aliphatic heterocycles. The zero-order valence-corrected chi connectivity index (χ0v) is 11.2. The van der Waals surface area contributed by atoms with Crippen molar-refractivity contribution in [2.24, 2.45) is 0 Å². The van der Waals surface area contributed by atoms with E-state index in [2.05, 4.69) is 15.3 Å². The first-order valence-electron chi connectivity index (χ1n) is 6.49. The molecule has 5 nitrogen and oxygen atoms in total. The zero-order chi connectivity index (χ0) is 14.7. The van der Waals surface area contributed by atoms with Gasteiger partial charge in [0, 0.05) is 18.1 Å². The minimum atomic E-state index is -0.254. The van der Waals surface area contributed by atoms with Crippen LogP contribution in [-0.4, -0.2) is 21.0 Å². The van der Waals surface area contributed by atoms with E-state index >= 15 is 0 Å². The predicted octanol–water partition coefficient (Wildman–Crippen LogP) is 2.37. The number of aliphatic hydroxyl groups excluding tert-OH is 1. The van der Waals surface area contributed by atoms with Crippen LogP contribution in [0.1, 0.15) is 15.9 Å². The van der Waals surface area contributed by atoms with Gasteiger partial charge >= 0.3 is 0 Å². The van der Waals surface area contributed by atoms with Crippen LogP contribution in [0.15, 0.2) is 54.9 Å². The number of benzene rings is 2. The van der Waals surface area contributed by atoms with Crippen molar-refractivity contribution in [2.75, 3.05) is 5.32 Å². The number of aromatic nitrogens is 2. The van der Waals surface area contributed by atoms with Crippen molar-refractivity contribution >= 4 is 22.6 Å². The van der Waals surface area contributed by atoms with Gasteiger partial charge in [-0.3, -0.25) is 14.8 Å². The molecule has 0 spiro atoms. The molecule has 2 N–H and O–H groups in total. The molecule has 1 heterocycles. The number of rotatable bonds is 3. The van der Waals surface area contributed by atoms with Gasteiger partial charge in [0.2, 0.25) is 0 Å². The fourth-order valence-corrected chi connectivity index (χ4v) is 2.12. The first kappa shape index (κ1) is 13.2. The number of carbonyl (C=O) groups excluding carboxylic acids is 1. The summed E-state index contributed by atoms with van der Waals surface area (Å²) in [5.74, 6) is -0.254. The molecule has 104 valence electrons. The molecular formula is C16H13N3O2. The number of hydrogen-bond donors (Lipinski definition) is 2. The maximum atomic E-state index is 12.4. The minimum absolute atomic E-state index is 0.0660. The number of nitrogens with zero attached hydrogens (tertiary/aromatic N) is 2. The van der Waals surface area contributed by atoms with Gasteiger partial charge in [-0.15, -0.1) is 0 Å². The molecule has 0 fully saturated rings. The molecule has 3 aromatic rings. The van der Waals surface area contributed by atoms with Crippen LogP contribution in [0, 0.1) is 0 Å². The summed E-state index contributed by atoms with van der Waals surface area (Å²) in [5, 5.41) is 11.9. The SMILES string of the molecule is O=C(Nc1cccc(CO)c1)c1cccc2nccnc12. The van der Waals surface area contributed by atoms with Gasteiger partial charge in [0.25, 0.3) is 5.91 Å². The summed E-state index contributed by atoms with van der Waals surface area (Å²) in [6.45, 7) is -0.0660. The van der Waals surface area contributed by atoms with Crippen molar-refractivity contribution in [2.45, 2.75) is 6.61 Å². The van der Waals surface area contributed by atoms with Crippen molar-refractivity contribution in [3.05, 3.63) is 66.0 Å². The third-order valence-corrected chi connectivity index (χ3v) is 3.11. The molecule has 0 aliphatic carbocycles. The van der Waals surface area contributed by atoms with Crippen molar-refractivity contribution in [3.63, 3.8) is 0 Å². The van der Waals surface area contributed by atoms with Crippen LogP contribution in [0.25, 0.3) is 11.0 Å². The molecule has 3 rings (SSSR count). The lowest BCUT2D eigenvalue weighted by Crippen LogP contribution is -2.13. The summed E-state index contributed by atoms with van der Waals surface area (Å²) in [6.07, 6.45) is 3.15. The summed E-state index contributed by atoms with van der Waals surface area (Å²) in [7, 11) is 0. The fraction of sp³-hybridized carbons (Fsp3) is 0.0625. The Morgan fingerprint density at radius 3 is 2.76 bits per heavy atom. The Labute approximate surface area is 121 Å². The van der Waals surface area contributed by atoms with Gasteiger partial charge < -0.3 is 10.4 Å². The quantitative estimate of drug-likeness (QED) is 0.772. The van der Waals surface area contributed by atoms with E-state index in [-0.39, 0.29) is 12.5 Å². The van der Waals surface area contributed by atoms with Crippen LogP contribution in [0.4, 0.5) is 5.69 Å². The monoisotopic (exact) mass is 279 g/mol. The van der Waals surface area contributed by atoms with Crippen LogP contribution in [0.5, 0.6) is 0 Å². The third kappa shape index (κ3) is 2.73. The van der Waals surface area contributed by atoms with Gasteiger partial charge in [0.05, 0.1) is 17.7 Å². The van der Waals surface area contributed by atoms with Gasteiger partial charge in [0.1, 0.15) is 5.52 Å². The van der Waals surface area contributed by atoms with E-state index in [9.17, 15) is 4.79 Å². The number of hydrogen-bond acceptors (Lipinski definition) is 4. The van der Waals surface area contributed by atoms with Gasteiger partial charge in [-0.1, -0.05) is 18.2 Å². The molecular weight excluding hydrogens is 266 g/mol. The van der Waals surface area contributed by atoms with Crippen LogP contribution < -0.4 is 5.32 Å². The van der Waals surface area contributed by atoms with Crippen LogP contribution >= 0.6 is 0 Å². The highest BCUT2D eigenvalue weighted by molar-refractivity contribution is 6.11. The highest BCUT2D eigenvalue weighted by Crippen LogP contribution is 2.17. The maximum absolute atomic E-state index is 12.4. The molecule has 0 bridgehead atoms. The molecule has 1 aromatic heterocycles. The van der Waals surface area contributed by atoms with Crippen molar-refractivity contribution in [1.82, 2.24) is 9.97 Å². The second-order valence-electron chi connectivity index (χ2n) is 4.54. The zero-order valence-electron chi connectivity index (χ0n) is 11.2. The minimum Gasteiger partial charge on any atom is -0.392 e. The Morgan fingerprint density at radius 1 is 1.10 bits per heavy atom. The molecule has 2 aromatic carbocycles. The molecule has 0 aliphatic rings. The molecule has 5 heteroatoms. The Morgan fingerprint density at radius 2 is 1.90 bits per heavy atom. The number of nitrogens with one attached hydrogen (secondary N) is 1. The number of anilines is 1. The number of amides is 1. The average molecular weight is 279 g/mol. The number of para-hydroxylation sites is 1. The van der Waals surface area contributed by atoms with Gasteiger partial charge in [-0.25, -0.2) is 0 Å². The van der Waals surface area contributed by atoms with E-state index in [0.717, 1.165) is 5.56 Å². The van der Waals surface area contributed by atoms with Crippen molar-refractivity contribution in [1.29, 1.82) is 0 Å². The van der Waals surface area contributed by atoms with E-state index in [1.165, 1.54) is 0 Å². The first-order chi connectivity index (χ1) is 10.3. The second-order valence-corrected chi connectivity index (χ2v) is 4.54. The lowest BCUT2D eigenvalue weighted by molar-refractivity contribution is 0.102. The van der Waals surface area contributed by atoms with E-state index in [1.54, 1.807) is 48.8 Å². The smallest absolute Gasteiger partial charge is 0.257 e. The van der Waals surface area contributed by atoms with Crippen molar-refractivity contribution < 1.29 is 9.90 Å². The molecule has 1 amide bonds. The first-order valence-corrected chi connectivity index (χ1v) is 6.49. The molecule has 0 saturated carbocycles. The third-order valence-electron chi connectivity index (χ3n) is 3.11. The normalized spacial score (nSPS) is 10.5. The van der Waals surface area contributed by atoms with E-state index in [1.807, 2.05) is 6.07 Å². The number of fused-ring (bicyclic) bond motifs is 1. The summed E-state index contributed by atoms with van der Waals surface area (Å²) < 4.78 is 0. The second kappa shape index (κ2) is 5.68. The molecule has 0 radical (unpaired) electrons. The maximum Gasteiger partial charge on any atom is 0.257 e. The van der Waals surface area contributed by atoms with E-state index in [4.69, 9.17) is 5.11 Å². The van der Waals surface area contributed by atoms with Gasteiger partial charge in [-0.2, -0.15) is 0 Å². The fourth-order valence-electron chi connectivity index (χ4n) is 2.12. The Balaban J connectivity index is 1.93. The van der Waals surface area contributed by atoms with Gasteiger partial charge in [0.15, 0.2) is 0 Å². The summed E-state index contributed by atoms with van der Waals surface area (Å²) in [4.78, 5) is 20.8. The number of aliphatic hydroxyl groups is 1. The lowest BCUT2D eigenvalue weighted by Gasteiger charge is -2.08. The van der Waals surface area contributed by atoms with Gasteiger partial charge in [-0.05, 0) is 29.8 Å². The largest absolute Gasteiger partial charge is 0.392 e. The molecule has 0 unspecified atom stereocenters. The summed E-state index contributed by atoms with van der Waals surface area (Å²) >= 11 is 0. The van der Waals surface area contributed by atoms with Crippen LogP contribution in [0.3, 0.4) is 0 Å². The summed E-state index contributed by atoms with van der Waals surface area (Å²) in [5.41, 5.74) is 3.08. The van der Waals surface area contributed by atoms with Crippen molar-refractivity contribution in [3.8, 4) is 0 Å². The van der Waals surface area contributed by atoms with Crippen LogP contribution in [0.2, 0.25) is 0 Å².